The quantitative estimate of drug-likeness (QED) is 0.808. The van der Waals surface area contributed by atoms with Crippen LogP contribution in [0.2, 0.25) is 0 Å². The van der Waals surface area contributed by atoms with E-state index in [9.17, 15) is 9.59 Å². The van der Waals surface area contributed by atoms with E-state index in [1.807, 2.05) is 31.2 Å². The van der Waals surface area contributed by atoms with Crippen LogP contribution in [0.1, 0.15) is 43.2 Å². The third-order valence-corrected chi connectivity index (χ3v) is 3.45. The number of H-pyrrole nitrogens is 1. The molecule has 1 aromatic heterocycles. The molecule has 0 aliphatic heterocycles. The molecular weight excluding hydrogens is 268 g/mol. The van der Waals surface area contributed by atoms with Crippen LogP contribution in [0.25, 0.3) is 0 Å². The maximum atomic E-state index is 12.2. The Morgan fingerprint density at radius 1 is 1.14 bits per heavy atom. The third-order valence-electron chi connectivity index (χ3n) is 3.45. The van der Waals surface area contributed by atoms with Gasteiger partial charge in [-0.1, -0.05) is 29.8 Å². The Morgan fingerprint density at radius 3 is 2.29 bits per heavy atom. The summed E-state index contributed by atoms with van der Waals surface area (Å²) in [7, 11) is 0. The number of aromatic carboxylic acids is 1. The summed E-state index contributed by atoms with van der Waals surface area (Å²) in [5.74, 6) is -1.33. The first-order valence-corrected chi connectivity index (χ1v) is 6.66. The number of aryl methyl sites for hydroxylation is 2. The average molecular weight is 286 g/mol. The Morgan fingerprint density at radius 2 is 1.76 bits per heavy atom. The summed E-state index contributed by atoms with van der Waals surface area (Å²) in [5, 5.41) is 11.9. The molecule has 0 bridgehead atoms. The lowest BCUT2D eigenvalue weighted by atomic mass is 10.1. The fourth-order valence-electron chi connectivity index (χ4n) is 2.28. The minimum absolute atomic E-state index is 0.0629. The first-order valence-electron chi connectivity index (χ1n) is 6.66. The number of carbonyl (C=O) groups is 2. The molecule has 21 heavy (non-hydrogen) atoms. The molecule has 0 fully saturated rings. The van der Waals surface area contributed by atoms with E-state index in [4.69, 9.17) is 5.11 Å². The molecule has 1 heterocycles. The number of hydrogen-bond donors (Lipinski definition) is 3. The first kappa shape index (κ1) is 14.8. The summed E-state index contributed by atoms with van der Waals surface area (Å²) < 4.78 is 0. The van der Waals surface area contributed by atoms with Crippen molar-refractivity contribution in [3.8, 4) is 0 Å². The average Bonchev–Trinajstić information content (AvgIpc) is 2.73. The van der Waals surface area contributed by atoms with Gasteiger partial charge in [-0.2, -0.15) is 0 Å². The number of amides is 1. The highest BCUT2D eigenvalue weighted by atomic mass is 16.4. The number of aromatic nitrogens is 1. The lowest BCUT2D eigenvalue weighted by Crippen LogP contribution is -2.23. The Bertz CT molecular complexity index is 684. The molecule has 110 valence electrons. The van der Waals surface area contributed by atoms with Gasteiger partial charge in [0.25, 0.3) is 5.91 Å². The molecule has 0 radical (unpaired) electrons. The van der Waals surface area contributed by atoms with Crippen molar-refractivity contribution in [2.75, 3.05) is 0 Å². The molecule has 0 aliphatic carbocycles. The number of hydrogen-bond acceptors (Lipinski definition) is 2. The topological polar surface area (TPSA) is 82.2 Å². The SMILES string of the molecule is Cc1ccc(CNC(=O)c2c(C)[nH]c(C(=O)O)c2C)cc1. The maximum absolute atomic E-state index is 12.2. The Hall–Kier alpha value is -2.56. The smallest absolute Gasteiger partial charge is 0.352 e. The molecule has 0 saturated heterocycles. The molecule has 1 aromatic carbocycles. The van der Waals surface area contributed by atoms with E-state index in [0.29, 0.717) is 23.4 Å². The summed E-state index contributed by atoms with van der Waals surface area (Å²) in [4.78, 5) is 26.0. The summed E-state index contributed by atoms with van der Waals surface area (Å²) in [6.45, 7) is 5.74. The van der Waals surface area contributed by atoms with Crippen LogP contribution in [-0.4, -0.2) is 22.0 Å². The van der Waals surface area contributed by atoms with Crippen molar-refractivity contribution in [2.24, 2.45) is 0 Å². The van der Waals surface area contributed by atoms with Crippen molar-refractivity contribution < 1.29 is 14.7 Å². The van der Waals surface area contributed by atoms with Crippen LogP contribution in [0.3, 0.4) is 0 Å². The fraction of sp³-hybridized carbons (Fsp3) is 0.250. The van der Waals surface area contributed by atoms with Gasteiger partial charge in [0.1, 0.15) is 5.69 Å². The van der Waals surface area contributed by atoms with Crippen molar-refractivity contribution in [3.05, 3.63) is 57.9 Å². The van der Waals surface area contributed by atoms with Gasteiger partial charge in [-0.15, -0.1) is 0 Å². The molecular formula is C16H18N2O3. The molecule has 5 nitrogen and oxygen atoms in total. The highest BCUT2D eigenvalue weighted by Gasteiger charge is 2.21. The van der Waals surface area contributed by atoms with Crippen LogP contribution >= 0.6 is 0 Å². The van der Waals surface area contributed by atoms with E-state index >= 15 is 0 Å². The van der Waals surface area contributed by atoms with E-state index in [0.717, 1.165) is 11.1 Å². The van der Waals surface area contributed by atoms with Gasteiger partial charge in [0, 0.05) is 12.2 Å². The lowest BCUT2D eigenvalue weighted by molar-refractivity contribution is 0.0690. The van der Waals surface area contributed by atoms with Crippen LogP contribution in [0.4, 0.5) is 0 Å². The second-order valence-corrected chi connectivity index (χ2v) is 5.10. The van der Waals surface area contributed by atoms with Crippen molar-refractivity contribution in [1.29, 1.82) is 0 Å². The van der Waals surface area contributed by atoms with Crippen LogP contribution in [0.15, 0.2) is 24.3 Å². The van der Waals surface area contributed by atoms with Crippen LogP contribution in [-0.2, 0) is 6.54 Å². The monoisotopic (exact) mass is 286 g/mol. The predicted octanol–water partition coefficient (Wildman–Crippen LogP) is 2.57. The number of rotatable bonds is 4. The standard InChI is InChI=1S/C16H18N2O3/c1-9-4-6-12(7-5-9)8-17-15(19)13-10(2)14(16(20)21)18-11(13)3/h4-7,18H,8H2,1-3H3,(H,17,19)(H,20,21). The molecule has 2 rings (SSSR count). The van der Waals surface area contributed by atoms with Gasteiger partial charge in [-0.05, 0) is 31.9 Å². The molecule has 0 unspecified atom stereocenters. The molecule has 3 N–H and O–H groups in total. The van der Waals surface area contributed by atoms with Gasteiger partial charge in [0.2, 0.25) is 0 Å². The van der Waals surface area contributed by atoms with Crippen molar-refractivity contribution in [1.82, 2.24) is 10.3 Å². The largest absolute Gasteiger partial charge is 0.477 e. The zero-order valence-corrected chi connectivity index (χ0v) is 12.3. The number of carboxylic acid groups (broad SMARTS) is 1. The molecule has 0 atom stereocenters. The lowest BCUT2D eigenvalue weighted by Gasteiger charge is -2.06. The third kappa shape index (κ3) is 3.13. The predicted molar refractivity (Wildman–Crippen MR) is 79.6 cm³/mol. The number of carboxylic acids is 1. The van der Waals surface area contributed by atoms with Gasteiger partial charge in [0.15, 0.2) is 0 Å². The van der Waals surface area contributed by atoms with Gasteiger partial charge in [-0.25, -0.2) is 4.79 Å². The van der Waals surface area contributed by atoms with E-state index in [1.54, 1.807) is 13.8 Å². The normalized spacial score (nSPS) is 10.4. The molecule has 0 saturated carbocycles. The molecule has 1 amide bonds. The highest BCUT2D eigenvalue weighted by Crippen LogP contribution is 2.18. The van der Waals surface area contributed by atoms with Crippen LogP contribution in [0, 0.1) is 20.8 Å². The molecule has 0 spiro atoms. The van der Waals surface area contributed by atoms with Crippen molar-refractivity contribution in [2.45, 2.75) is 27.3 Å². The Labute approximate surface area is 123 Å². The van der Waals surface area contributed by atoms with Gasteiger partial charge < -0.3 is 15.4 Å². The Kier molecular flexibility index (Phi) is 4.12. The summed E-state index contributed by atoms with van der Waals surface area (Å²) in [6.07, 6.45) is 0. The minimum Gasteiger partial charge on any atom is -0.477 e. The number of benzene rings is 1. The van der Waals surface area contributed by atoms with Gasteiger partial charge in [-0.3, -0.25) is 4.79 Å². The second kappa shape index (κ2) is 5.83. The second-order valence-electron chi connectivity index (χ2n) is 5.10. The van der Waals surface area contributed by atoms with Gasteiger partial charge in [0.05, 0.1) is 5.56 Å². The van der Waals surface area contributed by atoms with E-state index in [2.05, 4.69) is 10.3 Å². The van der Waals surface area contributed by atoms with Crippen LogP contribution < -0.4 is 5.32 Å². The summed E-state index contributed by atoms with van der Waals surface area (Å²) >= 11 is 0. The molecule has 5 heteroatoms. The Balaban J connectivity index is 2.14. The minimum atomic E-state index is -1.06. The van der Waals surface area contributed by atoms with Crippen LogP contribution in [0.5, 0.6) is 0 Å². The molecule has 0 aliphatic rings. The molecule has 2 aromatic rings. The first-order chi connectivity index (χ1) is 9.90. The number of aromatic amines is 1. The zero-order chi connectivity index (χ0) is 15.6. The zero-order valence-electron chi connectivity index (χ0n) is 12.3. The number of carbonyl (C=O) groups excluding carboxylic acids is 1. The van der Waals surface area contributed by atoms with Gasteiger partial charge >= 0.3 is 5.97 Å². The van der Waals surface area contributed by atoms with Crippen molar-refractivity contribution >= 4 is 11.9 Å². The highest BCUT2D eigenvalue weighted by molar-refractivity contribution is 6.00. The summed E-state index contributed by atoms with van der Waals surface area (Å²) in [6, 6.07) is 7.87. The van der Waals surface area contributed by atoms with Crippen molar-refractivity contribution in [3.63, 3.8) is 0 Å². The fourth-order valence-corrected chi connectivity index (χ4v) is 2.28. The van der Waals surface area contributed by atoms with E-state index in [-0.39, 0.29) is 11.6 Å². The number of nitrogens with one attached hydrogen (secondary N) is 2. The van der Waals surface area contributed by atoms with E-state index < -0.39 is 5.97 Å². The maximum Gasteiger partial charge on any atom is 0.352 e. The van der Waals surface area contributed by atoms with E-state index in [1.165, 1.54) is 0 Å². The summed E-state index contributed by atoms with van der Waals surface area (Å²) in [5.41, 5.74) is 3.65.